The number of anilines is 2. The van der Waals surface area contributed by atoms with Gasteiger partial charge in [0.15, 0.2) is 5.82 Å². The smallest absolute Gasteiger partial charge is 0.213 e. The van der Waals surface area contributed by atoms with E-state index < -0.39 is 0 Å². The van der Waals surface area contributed by atoms with E-state index in [2.05, 4.69) is 25.0 Å². The first kappa shape index (κ1) is 10.0. The van der Waals surface area contributed by atoms with Crippen LogP contribution in [-0.4, -0.2) is 15.1 Å². The minimum atomic E-state index is 0.469. The van der Waals surface area contributed by atoms with Crippen molar-refractivity contribution in [1.82, 2.24) is 15.1 Å². The van der Waals surface area contributed by atoms with Crippen molar-refractivity contribution in [2.45, 2.75) is 6.54 Å². The third-order valence-electron chi connectivity index (χ3n) is 2.39. The SMILES string of the molecule is Nc1c(NCc2ncon2)ccc2scnc12. The van der Waals surface area contributed by atoms with Gasteiger partial charge in [0, 0.05) is 0 Å². The lowest BCUT2D eigenvalue weighted by Crippen LogP contribution is -2.04. The Morgan fingerprint density at radius 1 is 1.35 bits per heavy atom. The molecule has 0 atom stereocenters. The molecule has 0 aliphatic rings. The van der Waals surface area contributed by atoms with E-state index in [0.717, 1.165) is 15.9 Å². The molecule has 7 heteroatoms. The molecule has 2 heterocycles. The Labute approximate surface area is 100 Å². The van der Waals surface area contributed by atoms with E-state index in [1.54, 1.807) is 16.8 Å². The molecule has 0 saturated carbocycles. The van der Waals surface area contributed by atoms with Crippen LogP contribution in [0.2, 0.25) is 0 Å². The van der Waals surface area contributed by atoms with Crippen molar-refractivity contribution in [2.24, 2.45) is 0 Å². The van der Waals surface area contributed by atoms with Crippen LogP contribution in [0.1, 0.15) is 5.82 Å². The standard InChI is InChI=1S/C10H9N5OS/c11-9-6(12-3-8-13-4-16-15-8)1-2-7-10(9)14-5-17-7/h1-2,4-5,12H,3,11H2. The van der Waals surface area contributed by atoms with E-state index in [0.29, 0.717) is 18.1 Å². The molecule has 0 aliphatic carbocycles. The predicted molar refractivity (Wildman–Crippen MR) is 65.7 cm³/mol. The first-order valence-corrected chi connectivity index (χ1v) is 5.83. The average molecular weight is 247 g/mol. The summed E-state index contributed by atoms with van der Waals surface area (Å²) in [5.74, 6) is 0.586. The molecular formula is C10H9N5OS. The normalized spacial score (nSPS) is 10.8. The summed E-state index contributed by atoms with van der Waals surface area (Å²) in [6.07, 6.45) is 1.30. The molecule has 0 fully saturated rings. The van der Waals surface area contributed by atoms with E-state index >= 15 is 0 Å². The Balaban J connectivity index is 1.87. The Morgan fingerprint density at radius 3 is 3.12 bits per heavy atom. The first-order valence-electron chi connectivity index (χ1n) is 4.95. The summed E-state index contributed by atoms with van der Waals surface area (Å²) in [6, 6.07) is 3.91. The molecule has 0 bridgehead atoms. The van der Waals surface area contributed by atoms with Gasteiger partial charge in [0.1, 0.15) is 5.52 Å². The van der Waals surface area contributed by atoms with Crippen molar-refractivity contribution in [2.75, 3.05) is 11.1 Å². The lowest BCUT2D eigenvalue weighted by atomic mass is 10.2. The minimum absolute atomic E-state index is 0.469. The molecule has 3 rings (SSSR count). The number of aromatic nitrogens is 3. The van der Waals surface area contributed by atoms with Gasteiger partial charge in [-0.15, -0.1) is 11.3 Å². The highest BCUT2D eigenvalue weighted by molar-refractivity contribution is 7.16. The monoisotopic (exact) mass is 247 g/mol. The molecule has 2 aromatic heterocycles. The van der Waals surface area contributed by atoms with Crippen LogP contribution in [0.25, 0.3) is 10.2 Å². The zero-order valence-electron chi connectivity index (χ0n) is 8.75. The topological polar surface area (TPSA) is 89.9 Å². The predicted octanol–water partition coefficient (Wildman–Crippen LogP) is 1.87. The molecule has 3 aromatic rings. The van der Waals surface area contributed by atoms with Crippen LogP contribution in [0.5, 0.6) is 0 Å². The van der Waals surface area contributed by atoms with Crippen LogP contribution in [0.15, 0.2) is 28.6 Å². The number of nitrogens with two attached hydrogens (primary N) is 1. The van der Waals surface area contributed by atoms with Crippen LogP contribution in [0.4, 0.5) is 11.4 Å². The van der Waals surface area contributed by atoms with Gasteiger partial charge in [0.25, 0.3) is 0 Å². The van der Waals surface area contributed by atoms with Gasteiger partial charge in [-0.2, -0.15) is 4.98 Å². The summed E-state index contributed by atoms with van der Waals surface area (Å²) in [5.41, 5.74) is 10.1. The zero-order chi connectivity index (χ0) is 11.7. The maximum Gasteiger partial charge on any atom is 0.213 e. The third kappa shape index (κ3) is 1.80. The van der Waals surface area contributed by atoms with Gasteiger partial charge in [-0.05, 0) is 12.1 Å². The maximum absolute atomic E-state index is 6.02. The molecule has 0 aliphatic heterocycles. The van der Waals surface area contributed by atoms with Crippen LogP contribution in [0, 0.1) is 0 Å². The largest absolute Gasteiger partial charge is 0.395 e. The number of nitrogens with one attached hydrogen (secondary N) is 1. The van der Waals surface area contributed by atoms with Crippen molar-refractivity contribution in [1.29, 1.82) is 0 Å². The van der Waals surface area contributed by atoms with Gasteiger partial charge in [-0.1, -0.05) is 5.16 Å². The van der Waals surface area contributed by atoms with E-state index in [4.69, 9.17) is 5.73 Å². The second-order valence-electron chi connectivity index (χ2n) is 3.43. The summed E-state index contributed by atoms with van der Waals surface area (Å²) in [4.78, 5) is 8.15. The lowest BCUT2D eigenvalue weighted by Gasteiger charge is -2.07. The molecule has 0 unspecified atom stereocenters. The number of hydrogen-bond donors (Lipinski definition) is 2. The van der Waals surface area contributed by atoms with Crippen molar-refractivity contribution < 1.29 is 4.52 Å². The number of hydrogen-bond acceptors (Lipinski definition) is 7. The maximum atomic E-state index is 6.02. The van der Waals surface area contributed by atoms with E-state index in [-0.39, 0.29) is 0 Å². The fraction of sp³-hybridized carbons (Fsp3) is 0.100. The van der Waals surface area contributed by atoms with Crippen LogP contribution < -0.4 is 11.1 Å². The van der Waals surface area contributed by atoms with Gasteiger partial charge in [-0.25, -0.2) is 4.98 Å². The molecule has 86 valence electrons. The Morgan fingerprint density at radius 2 is 2.29 bits per heavy atom. The van der Waals surface area contributed by atoms with Crippen LogP contribution in [0.3, 0.4) is 0 Å². The van der Waals surface area contributed by atoms with E-state index in [1.807, 2.05) is 12.1 Å². The van der Waals surface area contributed by atoms with Gasteiger partial charge >= 0.3 is 0 Å². The average Bonchev–Trinajstić information content (AvgIpc) is 2.99. The minimum Gasteiger partial charge on any atom is -0.395 e. The number of rotatable bonds is 3. The summed E-state index contributed by atoms with van der Waals surface area (Å²) in [6.45, 7) is 0.469. The first-order chi connectivity index (χ1) is 8.34. The Bertz CT molecular complexity index is 633. The number of fused-ring (bicyclic) bond motifs is 1. The molecular weight excluding hydrogens is 238 g/mol. The fourth-order valence-electron chi connectivity index (χ4n) is 1.55. The summed E-state index contributed by atoms with van der Waals surface area (Å²) in [7, 11) is 0. The van der Waals surface area contributed by atoms with Crippen molar-refractivity contribution in [3.8, 4) is 0 Å². The van der Waals surface area contributed by atoms with Gasteiger partial charge in [0.2, 0.25) is 6.39 Å². The Kier molecular flexibility index (Phi) is 2.37. The Hall–Kier alpha value is -2.15. The zero-order valence-corrected chi connectivity index (χ0v) is 9.57. The molecule has 0 radical (unpaired) electrons. The molecule has 0 spiro atoms. The molecule has 0 amide bonds. The number of thiazole rings is 1. The number of nitrogen functional groups attached to an aromatic ring is 1. The molecule has 3 N–H and O–H groups in total. The van der Waals surface area contributed by atoms with E-state index in [9.17, 15) is 0 Å². The highest BCUT2D eigenvalue weighted by atomic mass is 32.1. The van der Waals surface area contributed by atoms with Gasteiger partial charge in [0.05, 0.1) is 28.1 Å². The second kappa shape index (κ2) is 4.02. The van der Waals surface area contributed by atoms with Gasteiger partial charge < -0.3 is 15.6 Å². The highest BCUT2D eigenvalue weighted by Crippen LogP contribution is 2.29. The summed E-state index contributed by atoms with van der Waals surface area (Å²) >= 11 is 1.57. The van der Waals surface area contributed by atoms with Crippen molar-refractivity contribution in [3.63, 3.8) is 0 Å². The third-order valence-corrected chi connectivity index (χ3v) is 3.18. The molecule has 17 heavy (non-hydrogen) atoms. The van der Waals surface area contributed by atoms with Crippen molar-refractivity contribution in [3.05, 3.63) is 29.9 Å². The van der Waals surface area contributed by atoms with E-state index in [1.165, 1.54) is 6.39 Å². The molecule has 1 aromatic carbocycles. The number of nitrogens with zero attached hydrogens (tertiary/aromatic N) is 3. The van der Waals surface area contributed by atoms with Crippen molar-refractivity contribution >= 4 is 32.9 Å². The highest BCUT2D eigenvalue weighted by Gasteiger charge is 2.07. The lowest BCUT2D eigenvalue weighted by molar-refractivity contribution is 0.411. The summed E-state index contributed by atoms with van der Waals surface area (Å²) < 4.78 is 5.72. The van der Waals surface area contributed by atoms with Crippen LogP contribution in [-0.2, 0) is 6.54 Å². The quantitative estimate of drug-likeness (QED) is 0.687. The fourth-order valence-corrected chi connectivity index (χ4v) is 2.24. The second-order valence-corrected chi connectivity index (χ2v) is 4.31. The van der Waals surface area contributed by atoms with Gasteiger partial charge in [-0.3, -0.25) is 0 Å². The summed E-state index contributed by atoms with van der Waals surface area (Å²) in [5, 5.41) is 6.86. The van der Waals surface area contributed by atoms with Crippen LogP contribution >= 0.6 is 11.3 Å². The molecule has 6 nitrogen and oxygen atoms in total. The number of benzene rings is 1. The molecule has 0 saturated heterocycles.